The molecule has 112 valence electrons. The van der Waals surface area contributed by atoms with E-state index in [9.17, 15) is 4.39 Å². The van der Waals surface area contributed by atoms with E-state index in [2.05, 4.69) is 53.3 Å². The van der Waals surface area contributed by atoms with Gasteiger partial charge in [-0.25, -0.2) is 4.39 Å². The van der Waals surface area contributed by atoms with E-state index in [4.69, 9.17) is 0 Å². The first-order chi connectivity index (χ1) is 10.0. The Balaban J connectivity index is 2.49. The molecule has 0 aromatic heterocycles. The number of halogens is 2. The van der Waals surface area contributed by atoms with E-state index < -0.39 is 0 Å². The number of nitrogens with one attached hydrogen (secondary N) is 1. The number of benzene rings is 2. The molecule has 0 aliphatic carbocycles. The van der Waals surface area contributed by atoms with Gasteiger partial charge in [-0.3, -0.25) is 0 Å². The Morgan fingerprint density at radius 2 is 1.90 bits per heavy atom. The van der Waals surface area contributed by atoms with E-state index in [1.807, 2.05) is 13.0 Å². The van der Waals surface area contributed by atoms with Crippen molar-refractivity contribution in [1.29, 1.82) is 0 Å². The zero-order valence-corrected chi connectivity index (χ0v) is 14.3. The van der Waals surface area contributed by atoms with Crippen molar-refractivity contribution >= 4 is 15.9 Å². The molecular weight excluding hydrogens is 329 g/mol. The van der Waals surface area contributed by atoms with Gasteiger partial charge < -0.3 is 5.32 Å². The predicted octanol–water partition coefficient (Wildman–Crippen LogP) is 5.29. The average Bonchev–Trinajstić information content (AvgIpc) is 2.42. The molecule has 1 unspecified atom stereocenters. The second kappa shape index (κ2) is 7.19. The molecule has 0 spiro atoms. The summed E-state index contributed by atoms with van der Waals surface area (Å²) in [5, 5.41) is 3.54. The maximum Gasteiger partial charge on any atom is 0.123 e. The van der Waals surface area contributed by atoms with Crippen LogP contribution in [0.5, 0.6) is 0 Å². The topological polar surface area (TPSA) is 12.0 Å². The Hall–Kier alpha value is -1.19. The van der Waals surface area contributed by atoms with E-state index in [-0.39, 0.29) is 11.9 Å². The summed E-state index contributed by atoms with van der Waals surface area (Å²) in [7, 11) is 0. The predicted molar refractivity (Wildman–Crippen MR) is 90.2 cm³/mol. The summed E-state index contributed by atoms with van der Waals surface area (Å²) in [6.07, 6.45) is 1.04. The molecular formula is C18H21BrFN. The fourth-order valence-corrected chi connectivity index (χ4v) is 2.93. The molecule has 0 saturated carbocycles. The van der Waals surface area contributed by atoms with E-state index in [0.29, 0.717) is 0 Å². The third-order valence-corrected chi connectivity index (χ3v) is 4.04. The van der Waals surface area contributed by atoms with Crippen LogP contribution >= 0.6 is 15.9 Å². The van der Waals surface area contributed by atoms with Gasteiger partial charge in [-0.1, -0.05) is 35.0 Å². The van der Waals surface area contributed by atoms with Gasteiger partial charge in [-0.2, -0.15) is 0 Å². The molecule has 0 fully saturated rings. The third-order valence-electron chi connectivity index (χ3n) is 3.55. The van der Waals surface area contributed by atoms with Crippen LogP contribution in [0, 0.1) is 19.7 Å². The van der Waals surface area contributed by atoms with Gasteiger partial charge in [0, 0.05) is 4.47 Å². The standard InChI is InChI=1S/C18H21BrFN/c1-4-7-21-18(14-8-12(2)9-16(20)10-14)17-11-15(19)6-5-13(17)3/h5-6,8-11,18,21H,4,7H2,1-3H3. The maximum absolute atomic E-state index is 13.8. The minimum atomic E-state index is -0.180. The van der Waals surface area contributed by atoms with Gasteiger partial charge in [-0.15, -0.1) is 0 Å². The highest BCUT2D eigenvalue weighted by Gasteiger charge is 2.17. The molecule has 0 amide bonds. The van der Waals surface area contributed by atoms with Crippen molar-refractivity contribution < 1.29 is 4.39 Å². The van der Waals surface area contributed by atoms with Crippen LogP contribution in [0.15, 0.2) is 40.9 Å². The number of rotatable bonds is 5. The van der Waals surface area contributed by atoms with Crippen LogP contribution < -0.4 is 5.32 Å². The molecule has 3 heteroatoms. The number of hydrogen-bond acceptors (Lipinski definition) is 1. The Morgan fingerprint density at radius 3 is 2.57 bits per heavy atom. The Bertz CT molecular complexity index is 604. The van der Waals surface area contributed by atoms with E-state index in [1.54, 1.807) is 12.1 Å². The van der Waals surface area contributed by atoms with Gasteiger partial charge in [0.2, 0.25) is 0 Å². The van der Waals surface area contributed by atoms with E-state index >= 15 is 0 Å². The number of aryl methyl sites for hydroxylation is 2. The summed E-state index contributed by atoms with van der Waals surface area (Å²) < 4.78 is 14.8. The molecule has 0 aliphatic heterocycles. The first-order valence-corrected chi connectivity index (χ1v) is 8.07. The van der Waals surface area contributed by atoms with Gasteiger partial charge in [0.05, 0.1) is 6.04 Å². The van der Waals surface area contributed by atoms with Crippen molar-refractivity contribution in [2.75, 3.05) is 6.54 Å². The zero-order valence-electron chi connectivity index (χ0n) is 12.7. The minimum absolute atomic E-state index is 0.0110. The molecule has 0 saturated heterocycles. The average molecular weight is 350 g/mol. The molecule has 2 aromatic carbocycles. The van der Waals surface area contributed by atoms with Crippen LogP contribution in [-0.2, 0) is 0 Å². The fraction of sp³-hybridized carbons (Fsp3) is 0.333. The Kier molecular flexibility index (Phi) is 5.54. The van der Waals surface area contributed by atoms with Crippen molar-refractivity contribution in [3.8, 4) is 0 Å². The molecule has 1 nitrogen and oxygen atoms in total. The lowest BCUT2D eigenvalue weighted by Crippen LogP contribution is -2.24. The van der Waals surface area contributed by atoms with Crippen LogP contribution in [0.4, 0.5) is 4.39 Å². The van der Waals surface area contributed by atoms with Crippen molar-refractivity contribution in [3.63, 3.8) is 0 Å². The molecule has 1 N–H and O–H groups in total. The zero-order chi connectivity index (χ0) is 15.4. The monoisotopic (exact) mass is 349 g/mol. The first-order valence-electron chi connectivity index (χ1n) is 7.27. The molecule has 0 radical (unpaired) electrons. The lowest BCUT2D eigenvalue weighted by molar-refractivity contribution is 0.583. The first kappa shape index (κ1) is 16.2. The molecule has 0 aliphatic rings. The highest BCUT2D eigenvalue weighted by atomic mass is 79.9. The van der Waals surface area contributed by atoms with Crippen LogP contribution in [0.25, 0.3) is 0 Å². The molecule has 1 atom stereocenters. The van der Waals surface area contributed by atoms with Crippen molar-refractivity contribution in [1.82, 2.24) is 5.32 Å². The maximum atomic E-state index is 13.8. The van der Waals surface area contributed by atoms with Crippen LogP contribution in [0.1, 0.15) is 41.6 Å². The highest BCUT2D eigenvalue weighted by molar-refractivity contribution is 9.10. The lowest BCUT2D eigenvalue weighted by Gasteiger charge is -2.22. The van der Waals surface area contributed by atoms with Gasteiger partial charge in [0.15, 0.2) is 0 Å². The summed E-state index contributed by atoms with van der Waals surface area (Å²) in [6.45, 7) is 7.05. The van der Waals surface area contributed by atoms with Crippen molar-refractivity contribution in [2.45, 2.75) is 33.2 Å². The highest BCUT2D eigenvalue weighted by Crippen LogP contribution is 2.28. The second-order valence-corrected chi connectivity index (χ2v) is 6.37. The van der Waals surface area contributed by atoms with E-state index in [0.717, 1.165) is 28.6 Å². The molecule has 0 heterocycles. The smallest absolute Gasteiger partial charge is 0.123 e. The molecule has 2 rings (SSSR count). The van der Waals surface area contributed by atoms with Gasteiger partial charge in [0.1, 0.15) is 5.82 Å². The molecule has 2 aromatic rings. The van der Waals surface area contributed by atoms with Gasteiger partial charge in [0.25, 0.3) is 0 Å². The summed E-state index contributed by atoms with van der Waals surface area (Å²) in [5.74, 6) is -0.180. The van der Waals surface area contributed by atoms with Crippen LogP contribution in [0.3, 0.4) is 0 Å². The largest absolute Gasteiger partial charge is 0.306 e. The normalized spacial score (nSPS) is 12.4. The lowest BCUT2D eigenvalue weighted by atomic mass is 9.94. The SMILES string of the molecule is CCCNC(c1cc(C)cc(F)c1)c1cc(Br)ccc1C. The van der Waals surface area contributed by atoms with Gasteiger partial charge in [-0.05, 0) is 73.3 Å². The number of hydrogen-bond donors (Lipinski definition) is 1. The summed E-state index contributed by atoms with van der Waals surface area (Å²) in [6, 6.07) is 11.5. The van der Waals surface area contributed by atoms with Crippen LogP contribution in [0.2, 0.25) is 0 Å². The third kappa shape index (κ3) is 4.14. The fourth-order valence-electron chi connectivity index (χ4n) is 2.55. The van der Waals surface area contributed by atoms with E-state index in [1.165, 1.54) is 11.1 Å². The summed E-state index contributed by atoms with van der Waals surface area (Å²) in [5.41, 5.74) is 4.31. The molecule has 0 bridgehead atoms. The second-order valence-electron chi connectivity index (χ2n) is 5.45. The van der Waals surface area contributed by atoms with Crippen LogP contribution in [-0.4, -0.2) is 6.54 Å². The Morgan fingerprint density at radius 1 is 1.14 bits per heavy atom. The van der Waals surface area contributed by atoms with Crippen molar-refractivity contribution in [2.24, 2.45) is 0 Å². The summed E-state index contributed by atoms with van der Waals surface area (Å²) >= 11 is 3.53. The summed E-state index contributed by atoms with van der Waals surface area (Å²) in [4.78, 5) is 0. The van der Waals surface area contributed by atoms with Gasteiger partial charge >= 0.3 is 0 Å². The molecule has 21 heavy (non-hydrogen) atoms. The Labute approximate surface area is 134 Å². The minimum Gasteiger partial charge on any atom is -0.306 e. The van der Waals surface area contributed by atoms with Crippen molar-refractivity contribution in [3.05, 3.63) is 68.9 Å². The quantitative estimate of drug-likeness (QED) is 0.772.